The molecule has 0 aliphatic heterocycles. The first-order chi connectivity index (χ1) is 5.54. The van der Waals surface area contributed by atoms with E-state index in [0.29, 0.717) is 5.44 Å². The van der Waals surface area contributed by atoms with Gasteiger partial charge in [-0.25, -0.2) is 4.98 Å². The minimum absolute atomic E-state index is 0.627. The molecule has 0 atom stereocenters. The summed E-state index contributed by atoms with van der Waals surface area (Å²) in [4.78, 5) is 8.22. The molecule has 0 saturated carbocycles. The van der Waals surface area contributed by atoms with Crippen LogP contribution in [0.25, 0.3) is 0 Å². The van der Waals surface area contributed by atoms with Crippen molar-refractivity contribution in [2.45, 2.75) is 13.3 Å². The van der Waals surface area contributed by atoms with Crippen molar-refractivity contribution >= 4 is 12.6 Å². The maximum Gasteiger partial charge on any atom is 0.128 e. The molecular formula is C8H13N2OP. The van der Waals surface area contributed by atoms with E-state index in [9.17, 15) is 4.57 Å². The Bertz CT molecular complexity index is 319. The van der Waals surface area contributed by atoms with Gasteiger partial charge in [0.1, 0.15) is 12.6 Å². The van der Waals surface area contributed by atoms with Crippen molar-refractivity contribution < 1.29 is 4.57 Å². The first kappa shape index (κ1) is 9.40. The predicted octanol–water partition coefficient (Wildman–Crippen LogP) is 1.29. The molecule has 1 heterocycles. The molecular weight excluding hydrogens is 171 g/mol. The van der Waals surface area contributed by atoms with Crippen LogP contribution >= 0.6 is 7.14 Å². The minimum Gasteiger partial charge on any atom is -0.318 e. The van der Waals surface area contributed by atoms with E-state index in [4.69, 9.17) is 0 Å². The second kappa shape index (κ2) is 3.36. The van der Waals surface area contributed by atoms with Gasteiger partial charge in [-0.05, 0) is 19.8 Å². The van der Waals surface area contributed by atoms with E-state index in [-0.39, 0.29) is 0 Å². The maximum atomic E-state index is 11.6. The predicted molar refractivity (Wildman–Crippen MR) is 50.5 cm³/mol. The van der Waals surface area contributed by atoms with Gasteiger partial charge in [0.15, 0.2) is 0 Å². The Balaban J connectivity index is 3.11. The summed E-state index contributed by atoms with van der Waals surface area (Å²) >= 11 is 0. The Labute approximate surface area is 72.6 Å². The molecule has 0 spiro atoms. The van der Waals surface area contributed by atoms with Crippen LogP contribution in [-0.4, -0.2) is 23.3 Å². The van der Waals surface area contributed by atoms with E-state index >= 15 is 0 Å². The van der Waals surface area contributed by atoms with Gasteiger partial charge in [0, 0.05) is 6.20 Å². The van der Waals surface area contributed by atoms with E-state index in [2.05, 4.69) is 9.97 Å². The largest absolute Gasteiger partial charge is 0.318 e. The SMILES string of the molecule is CCc1cncc(P(C)(C)=O)n1. The number of aromatic nitrogens is 2. The molecule has 66 valence electrons. The fraction of sp³-hybridized carbons (Fsp3) is 0.500. The highest BCUT2D eigenvalue weighted by atomic mass is 31.2. The quantitative estimate of drug-likeness (QED) is 0.650. The Morgan fingerprint density at radius 2 is 2.08 bits per heavy atom. The molecule has 1 rings (SSSR count). The Morgan fingerprint density at radius 1 is 1.42 bits per heavy atom. The summed E-state index contributed by atoms with van der Waals surface area (Å²) in [6, 6.07) is 0. The molecule has 12 heavy (non-hydrogen) atoms. The third kappa shape index (κ3) is 2.15. The highest BCUT2D eigenvalue weighted by Gasteiger charge is 2.12. The van der Waals surface area contributed by atoms with Crippen molar-refractivity contribution in [3.63, 3.8) is 0 Å². The standard InChI is InChI=1S/C8H13N2OP/c1-4-7-5-9-6-8(10-7)12(2,3)11/h5-6H,4H2,1-3H3. The van der Waals surface area contributed by atoms with Crippen LogP contribution in [0.3, 0.4) is 0 Å². The average molecular weight is 184 g/mol. The van der Waals surface area contributed by atoms with Crippen LogP contribution in [0.4, 0.5) is 0 Å². The first-order valence-electron chi connectivity index (χ1n) is 3.90. The molecule has 0 unspecified atom stereocenters. The summed E-state index contributed by atoms with van der Waals surface area (Å²) in [5.74, 6) is 0. The second-order valence-corrected chi connectivity index (χ2v) is 6.23. The van der Waals surface area contributed by atoms with Gasteiger partial charge in [0.05, 0.1) is 11.9 Å². The van der Waals surface area contributed by atoms with Gasteiger partial charge in [0.25, 0.3) is 0 Å². The van der Waals surface area contributed by atoms with Crippen molar-refractivity contribution in [3.05, 3.63) is 18.1 Å². The molecule has 0 aliphatic carbocycles. The van der Waals surface area contributed by atoms with Gasteiger partial charge in [-0.3, -0.25) is 4.98 Å². The lowest BCUT2D eigenvalue weighted by Gasteiger charge is -2.05. The van der Waals surface area contributed by atoms with E-state index in [1.165, 1.54) is 0 Å². The van der Waals surface area contributed by atoms with E-state index < -0.39 is 7.14 Å². The average Bonchev–Trinajstić information content (AvgIpc) is 2.03. The van der Waals surface area contributed by atoms with Crippen molar-refractivity contribution in [1.82, 2.24) is 9.97 Å². The van der Waals surface area contributed by atoms with E-state index in [1.807, 2.05) is 6.92 Å². The number of hydrogen-bond donors (Lipinski definition) is 0. The highest BCUT2D eigenvalue weighted by molar-refractivity contribution is 7.69. The minimum atomic E-state index is -2.23. The molecule has 0 saturated heterocycles. The summed E-state index contributed by atoms with van der Waals surface area (Å²) in [5, 5.41) is 0. The summed E-state index contributed by atoms with van der Waals surface area (Å²) < 4.78 is 11.6. The lowest BCUT2D eigenvalue weighted by Crippen LogP contribution is -2.11. The zero-order valence-electron chi connectivity index (χ0n) is 7.61. The second-order valence-electron chi connectivity index (χ2n) is 3.07. The van der Waals surface area contributed by atoms with Crippen molar-refractivity contribution in [3.8, 4) is 0 Å². The number of aryl methyl sites for hydroxylation is 1. The Hall–Kier alpha value is -0.690. The summed E-state index contributed by atoms with van der Waals surface area (Å²) in [6.07, 6.45) is 4.12. The van der Waals surface area contributed by atoms with Crippen LogP contribution in [0.5, 0.6) is 0 Å². The van der Waals surface area contributed by atoms with Crippen LogP contribution in [0.15, 0.2) is 12.4 Å². The summed E-state index contributed by atoms with van der Waals surface area (Å²) in [5.41, 5.74) is 1.53. The molecule has 0 N–H and O–H groups in total. The third-order valence-electron chi connectivity index (χ3n) is 1.59. The molecule has 3 nitrogen and oxygen atoms in total. The van der Waals surface area contributed by atoms with Gasteiger partial charge >= 0.3 is 0 Å². The maximum absolute atomic E-state index is 11.6. The smallest absolute Gasteiger partial charge is 0.128 e. The Kier molecular flexibility index (Phi) is 2.63. The van der Waals surface area contributed by atoms with Crippen LogP contribution in [-0.2, 0) is 11.0 Å². The highest BCUT2D eigenvalue weighted by Crippen LogP contribution is 2.32. The third-order valence-corrected chi connectivity index (χ3v) is 2.90. The van der Waals surface area contributed by atoms with Crippen LogP contribution in [0.1, 0.15) is 12.6 Å². The molecule has 0 amide bonds. The monoisotopic (exact) mass is 184 g/mol. The summed E-state index contributed by atoms with van der Waals surface area (Å²) in [7, 11) is -2.23. The Morgan fingerprint density at radius 3 is 2.58 bits per heavy atom. The zero-order chi connectivity index (χ0) is 9.19. The zero-order valence-corrected chi connectivity index (χ0v) is 8.51. The van der Waals surface area contributed by atoms with Gasteiger partial charge in [-0.1, -0.05) is 6.92 Å². The van der Waals surface area contributed by atoms with Crippen molar-refractivity contribution in [2.24, 2.45) is 0 Å². The number of rotatable bonds is 2. The van der Waals surface area contributed by atoms with Crippen LogP contribution in [0.2, 0.25) is 0 Å². The topological polar surface area (TPSA) is 42.9 Å². The fourth-order valence-electron chi connectivity index (χ4n) is 0.825. The normalized spacial score (nSPS) is 11.6. The van der Waals surface area contributed by atoms with Gasteiger partial charge in [0.2, 0.25) is 0 Å². The van der Waals surface area contributed by atoms with Crippen LogP contribution in [0, 0.1) is 0 Å². The van der Waals surface area contributed by atoms with Crippen molar-refractivity contribution in [1.29, 1.82) is 0 Å². The van der Waals surface area contributed by atoms with Gasteiger partial charge in [-0.15, -0.1) is 0 Å². The van der Waals surface area contributed by atoms with E-state index in [1.54, 1.807) is 25.7 Å². The molecule has 0 aliphatic rings. The molecule has 0 radical (unpaired) electrons. The molecule has 0 bridgehead atoms. The summed E-state index contributed by atoms with van der Waals surface area (Å²) in [6.45, 7) is 5.41. The molecule has 4 heteroatoms. The fourth-order valence-corrected chi connectivity index (χ4v) is 1.54. The molecule has 1 aromatic rings. The van der Waals surface area contributed by atoms with Crippen LogP contribution < -0.4 is 5.44 Å². The van der Waals surface area contributed by atoms with E-state index in [0.717, 1.165) is 12.1 Å². The molecule has 1 aromatic heterocycles. The number of nitrogens with zero attached hydrogens (tertiary/aromatic N) is 2. The van der Waals surface area contributed by atoms with Crippen molar-refractivity contribution in [2.75, 3.05) is 13.3 Å². The lowest BCUT2D eigenvalue weighted by atomic mass is 10.4. The van der Waals surface area contributed by atoms with Gasteiger partial charge < -0.3 is 4.57 Å². The molecule has 0 aromatic carbocycles. The molecule has 0 fully saturated rings. The first-order valence-corrected chi connectivity index (χ1v) is 6.50. The number of hydrogen-bond acceptors (Lipinski definition) is 3. The lowest BCUT2D eigenvalue weighted by molar-refractivity contribution is 0.587. The van der Waals surface area contributed by atoms with Gasteiger partial charge in [-0.2, -0.15) is 0 Å².